The predicted octanol–water partition coefficient (Wildman–Crippen LogP) is 2.10. The maximum Gasteiger partial charge on any atom is 0.0518 e. The first-order chi connectivity index (χ1) is 8.34. The number of hydrogen-bond donors (Lipinski definition) is 1. The number of nitrogens with zero attached hydrogens (tertiary/aromatic N) is 1. The number of nitrogens with two attached hydrogens (primary N) is 1. The Morgan fingerprint density at radius 1 is 1.24 bits per heavy atom. The van der Waals surface area contributed by atoms with Gasteiger partial charge in [0, 0.05) is 30.6 Å². The molecule has 1 saturated carbocycles. The first-order valence-electron chi connectivity index (χ1n) is 6.43. The number of hydrogen-bond acceptors (Lipinski definition) is 3. The molecule has 0 aromatic heterocycles. The molecule has 2 fully saturated rings. The van der Waals surface area contributed by atoms with Crippen LogP contribution in [0.15, 0.2) is 30.3 Å². The van der Waals surface area contributed by atoms with Gasteiger partial charge in [-0.15, -0.1) is 0 Å². The maximum atomic E-state index is 6.03. The normalized spacial score (nSPS) is 22.5. The average Bonchev–Trinajstić information content (AvgIpc) is 3.12. The minimum Gasteiger partial charge on any atom is -0.329 e. The maximum absolute atomic E-state index is 6.03. The van der Waals surface area contributed by atoms with Gasteiger partial charge in [0.2, 0.25) is 0 Å². The topological polar surface area (TPSA) is 29.3 Å². The fraction of sp³-hybridized carbons (Fsp3) is 0.571. The van der Waals surface area contributed by atoms with Crippen molar-refractivity contribution < 1.29 is 0 Å². The molecule has 92 valence electrons. The van der Waals surface area contributed by atoms with Crippen LogP contribution in [0.4, 0.5) is 0 Å². The smallest absolute Gasteiger partial charge is 0.0518 e. The van der Waals surface area contributed by atoms with E-state index in [0.717, 1.165) is 19.1 Å². The van der Waals surface area contributed by atoms with Gasteiger partial charge in [-0.25, -0.2) is 0 Å². The van der Waals surface area contributed by atoms with Crippen LogP contribution in [0, 0.1) is 0 Å². The summed E-state index contributed by atoms with van der Waals surface area (Å²) in [4.78, 5) is 2.68. The minimum absolute atomic E-state index is 0.293. The van der Waals surface area contributed by atoms with E-state index in [4.69, 9.17) is 5.73 Å². The van der Waals surface area contributed by atoms with Gasteiger partial charge in [-0.05, 0) is 18.4 Å². The molecule has 0 amide bonds. The molecule has 1 heterocycles. The fourth-order valence-electron chi connectivity index (χ4n) is 2.59. The highest BCUT2D eigenvalue weighted by Crippen LogP contribution is 2.42. The van der Waals surface area contributed by atoms with Crippen LogP contribution in [-0.2, 0) is 6.54 Å². The van der Waals surface area contributed by atoms with E-state index in [9.17, 15) is 0 Å². The van der Waals surface area contributed by atoms with Gasteiger partial charge in [0.05, 0.1) is 5.54 Å². The van der Waals surface area contributed by atoms with Crippen LogP contribution in [-0.4, -0.2) is 34.5 Å². The summed E-state index contributed by atoms with van der Waals surface area (Å²) in [5, 5.41) is 0. The summed E-state index contributed by atoms with van der Waals surface area (Å²) in [6.07, 6.45) is 2.72. The van der Waals surface area contributed by atoms with E-state index in [2.05, 4.69) is 35.2 Å². The highest BCUT2D eigenvalue weighted by Gasteiger charge is 2.47. The quantitative estimate of drug-likeness (QED) is 0.865. The van der Waals surface area contributed by atoms with E-state index in [-0.39, 0.29) is 0 Å². The Morgan fingerprint density at radius 3 is 2.41 bits per heavy atom. The van der Waals surface area contributed by atoms with Gasteiger partial charge < -0.3 is 5.73 Å². The molecule has 1 aliphatic heterocycles. The third-order valence-electron chi connectivity index (χ3n) is 3.91. The predicted molar refractivity (Wildman–Crippen MR) is 74.1 cm³/mol. The molecular formula is C14H20N2S. The highest BCUT2D eigenvalue weighted by molar-refractivity contribution is 8.00. The van der Waals surface area contributed by atoms with Crippen LogP contribution in [0.25, 0.3) is 0 Å². The molecule has 17 heavy (non-hydrogen) atoms. The van der Waals surface area contributed by atoms with E-state index in [0.29, 0.717) is 5.54 Å². The third kappa shape index (κ3) is 2.24. The standard InChI is InChI=1S/C14H20N2S/c15-9-14(10-17-11-14)16(13-6-7-13)8-12-4-2-1-3-5-12/h1-5,13H,6-11,15H2. The zero-order valence-electron chi connectivity index (χ0n) is 10.1. The van der Waals surface area contributed by atoms with Crippen molar-refractivity contribution in [2.24, 2.45) is 5.73 Å². The Balaban J connectivity index is 1.76. The molecule has 0 bridgehead atoms. The van der Waals surface area contributed by atoms with Gasteiger partial charge in [0.25, 0.3) is 0 Å². The molecule has 3 rings (SSSR count). The molecule has 0 atom stereocenters. The Morgan fingerprint density at radius 2 is 1.94 bits per heavy atom. The van der Waals surface area contributed by atoms with E-state index >= 15 is 0 Å². The van der Waals surface area contributed by atoms with Gasteiger partial charge in [-0.3, -0.25) is 4.90 Å². The zero-order chi connectivity index (χ0) is 11.7. The first-order valence-corrected chi connectivity index (χ1v) is 7.58. The van der Waals surface area contributed by atoms with E-state index in [1.165, 1.54) is 29.9 Å². The molecule has 0 unspecified atom stereocenters. The molecule has 2 aliphatic rings. The summed E-state index contributed by atoms with van der Waals surface area (Å²) >= 11 is 2.03. The second kappa shape index (κ2) is 4.63. The lowest BCUT2D eigenvalue weighted by Crippen LogP contribution is -2.63. The van der Waals surface area contributed by atoms with Gasteiger partial charge in [0.15, 0.2) is 0 Å². The van der Waals surface area contributed by atoms with Crippen LogP contribution < -0.4 is 5.73 Å². The van der Waals surface area contributed by atoms with Crippen LogP contribution in [0.3, 0.4) is 0 Å². The summed E-state index contributed by atoms with van der Waals surface area (Å²) in [6.45, 7) is 1.88. The van der Waals surface area contributed by atoms with Crippen molar-refractivity contribution in [2.75, 3.05) is 18.1 Å². The average molecular weight is 248 g/mol. The second-order valence-electron chi connectivity index (χ2n) is 5.27. The van der Waals surface area contributed by atoms with Gasteiger partial charge in [0.1, 0.15) is 0 Å². The van der Waals surface area contributed by atoms with Gasteiger partial charge in [-0.2, -0.15) is 11.8 Å². The number of benzene rings is 1. The lowest BCUT2D eigenvalue weighted by atomic mass is 9.99. The van der Waals surface area contributed by atoms with Crippen molar-refractivity contribution >= 4 is 11.8 Å². The molecule has 1 aromatic carbocycles. The van der Waals surface area contributed by atoms with Crippen LogP contribution in [0.2, 0.25) is 0 Å². The lowest BCUT2D eigenvalue weighted by Gasteiger charge is -2.49. The van der Waals surface area contributed by atoms with Crippen LogP contribution >= 0.6 is 11.8 Å². The van der Waals surface area contributed by atoms with E-state index in [1.54, 1.807) is 0 Å². The van der Waals surface area contributed by atoms with Crippen molar-refractivity contribution in [1.29, 1.82) is 0 Å². The van der Waals surface area contributed by atoms with Crippen LogP contribution in [0.1, 0.15) is 18.4 Å². The lowest BCUT2D eigenvalue weighted by molar-refractivity contribution is 0.107. The summed E-state index contributed by atoms with van der Waals surface area (Å²) in [7, 11) is 0. The van der Waals surface area contributed by atoms with E-state index < -0.39 is 0 Å². The van der Waals surface area contributed by atoms with Gasteiger partial charge >= 0.3 is 0 Å². The third-order valence-corrected chi connectivity index (χ3v) is 5.40. The molecule has 2 N–H and O–H groups in total. The van der Waals surface area contributed by atoms with Crippen molar-refractivity contribution in [3.63, 3.8) is 0 Å². The molecule has 1 aromatic rings. The fourth-order valence-corrected chi connectivity index (χ4v) is 3.83. The molecule has 0 radical (unpaired) electrons. The molecule has 0 spiro atoms. The first kappa shape index (κ1) is 11.6. The van der Waals surface area contributed by atoms with Gasteiger partial charge in [-0.1, -0.05) is 30.3 Å². The minimum atomic E-state index is 0.293. The molecular weight excluding hydrogens is 228 g/mol. The SMILES string of the molecule is NCC1(N(Cc2ccccc2)C2CC2)CSC1. The highest BCUT2D eigenvalue weighted by atomic mass is 32.2. The van der Waals surface area contributed by atoms with Crippen molar-refractivity contribution in [1.82, 2.24) is 4.90 Å². The molecule has 2 nitrogen and oxygen atoms in total. The Labute approximate surface area is 108 Å². The summed E-state index contributed by atoms with van der Waals surface area (Å²) < 4.78 is 0. The van der Waals surface area contributed by atoms with Crippen molar-refractivity contribution in [2.45, 2.75) is 31.0 Å². The zero-order valence-corrected chi connectivity index (χ0v) is 11.0. The number of thioether (sulfide) groups is 1. The summed E-state index contributed by atoms with van der Waals surface area (Å²) in [5.41, 5.74) is 7.75. The molecule has 1 saturated heterocycles. The summed E-state index contributed by atoms with van der Waals surface area (Å²) in [5.74, 6) is 2.43. The Hall–Kier alpha value is -0.510. The van der Waals surface area contributed by atoms with Crippen LogP contribution in [0.5, 0.6) is 0 Å². The Kier molecular flexibility index (Phi) is 3.16. The van der Waals surface area contributed by atoms with E-state index in [1.807, 2.05) is 11.8 Å². The molecule has 1 aliphatic carbocycles. The largest absolute Gasteiger partial charge is 0.329 e. The second-order valence-corrected chi connectivity index (χ2v) is 6.25. The number of rotatable bonds is 5. The summed E-state index contributed by atoms with van der Waals surface area (Å²) in [6, 6.07) is 11.6. The van der Waals surface area contributed by atoms with Crippen molar-refractivity contribution in [3.05, 3.63) is 35.9 Å². The monoisotopic (exact) mass is 248 g/mol. The van der Waals surface area contributed by atoms with Crippen molar-refractivity contribution in [3.8, 4) is 0 Å². The molecule has 3 heteroatoms. The Bertz CT molecular complexity index is 366.